The number of aliphatic imine (C=N–C) groups is 1. The van der Waals surface area contributed by atoms with Gasteiger partial charge in [-0.2, -0.15) is 13.8 Å². The second-order valence-electron chi connectivity index (χ2n) is 5.00. The molecule has 2 rings (SSSR count). The van der Waals surface area contributed by atoms with Gasteiger partial charge in [-0.15, -0.1) is 0 Å². The van der Waals surface area contributed by atoms with Crippen LogP contribution in [0.15, 0.2) is 27.7 Å². The molecule has 2 N–H and O–H groups in total. The standard InChI is InChI=1S/C15H19F2N5O2/c1-9-4-5-12(23-14(16)17)11(6-9)7-19-15(18-3)20-8-13-21-10(2)24-22-13/h4-6,14H,7-8H2,1-3H3,(H2,18,19,20). The Bertz CT molecular complexity index is 703. The monoisotopic (exact) mass is 339 g/mol. The normalized spacial score (nSPS) is 11.7. The average molecular weight is 339 g/mol. The highest BCUT2D eigenvalue weighted by Gasteiger charge is 2.11. The van der Waals surface area contributed by atoms with Crippen molar-refractivity contribution in [3.8, 4) is 5.75 Å². The van der Waals surface area contributed by atoms with E-state index >= 15 is 0 Å². The number of hydrogen-bond acceptors (Lipinski definition) is 5. The minimum absolute atomic E-state index is 0.132. The van der Waals surface area contributed by atoms with Gasteiger partial charge < -0.3 is 19.9 Å². The Morgan fingerprint density at radius 3 is 2.67 bits per heavy atom. The number of guanidine groups is 1. The molecule has 130 valence electrons. The summed E-state index contributed by atoms with van der Waals surface area (Å²) in [5.41, 5.74) is 1.55. The fourth-order valence-corrected chi connectivity index (χ4v) is 2.03. The minimum Gasteiger partial charge on any atom is -0.434 e. The smallest absolute Gasteiger partial charge is 0.387 e. The van der Waals surface area contributed by atoms with Gasteiger partial charge in [-0.25, -0.2) is 0 Å². The van der Waals surface area contributed by atoms with E-state index in [1.165, 1.54) is 6.07 Å². The highest BCUT2D eigenvalue weighted by Crippen LogP contribution is 2.21. The van der Waals surface area contributed by atoms with Gasteiger partial charge in [0, 0.05) is 26.1 Å². The van der Waals surface area contributed by atoms with Gasteiger partial charge in [0.25, 0.3) is 0 Å². The molecule has 0 aliphatic carbocycles. The number of hydrogen-bond donors (Lipinski definition) is 2. The predicted octanol–water partition coefficient (Wildman–Crippen LogP) is 2.15. The van der Waals surface area contributed by atoms with Crippen molar-refractivity contribution in [2.24, 2.45) is 4.99 Å². The summed E-state index contributed by atoms with van der Waals surface area (Å²) >= 11 is 0. The number of rotatable bonds is 6. The van der Waals surface area contributed by atoms with E-state index < -0.39 is 6.61 Å². The number of benzene rings is 1. The van der Waals surface area contributed by atoms with Crippen LogP contribution in [-0.4, -0.2) is 29.8 Å². The molecular weight excluding hydrogens is 320 g/mol. The van der Waals surface area contributed by atoms with E-state index in [4.69, 9.17) is 4.52 Å². The van der Waals surface area contributed by atoms with Crippen molar-refractivity contribution in [3.05, 3.63) is 41.0 Å². The number of ether oxygens (including phenoxy) is 1. The maximum Gasteiger partial charge on any atom is 0.387 e. The first-order chi connectivity index (χ1) is 11.5. The van der Waals surface area contributed by atoms with E-state index in [1.807, 2.05) is 6.92 Å². The van der Waals surface area contributed by atoms with Crippen molar-refractivity contribution in [1.29, 1.82) is 0 Å². The first-order valence-electron chi connectivity index (χ1n) is 7.26. The van der Waals surface area contributed by atoms with Crippen molar-refractivity contribution < 1.29 is 18.0 Å². The molecule has 7 nitrogen and oxygen atoms in total. The average Bonchev–Trinajstić information content (AvgIpc) is 2.95. The third kappa shape index (κ3) is 5.18. The molecular formula is C15H19F2N5O2. The van der Waals surface area contributed by atoms with E-state index in [9.17, 15) is 8.78 Å². The Labute approximate surface area is 138 Å². The van der Waals surface area contributed by atoms with Gasteiger partial charge in [-0.1, -0.05) is 22.9 Å². The summed E-state index contributed by atoms with van der Waals surface area (Å²) in [6.07, 6.45) is 0. The lowest BCUT2D eigenvalue weighted by Gasteiger charge is -2.14. The fourth-order valence-electron chi connectivity index (χ4n) is 2.03. The van der Waals surface area contributed by atoms with Crippen LogP contribution in [0.1, 0.15) is 22.8 Å². The first-order valence-corrected chi connectivity index (χ1v) is 7.26. The van der Waals surface area contributed by atoms with Crippen LogP contribution < -0.4 is 15.4 Å². The number of halogens is 2. The molecule has 0 unspecified atom stereocenters. The van der Waals surface area contributed by atoms with E-state index in [0.29, 0.717) is 29.8 Å². The highest BCUT2D eigenvalue weighted by molar-refractivity contribution is 5.79. The molecule has 0 spiro atoms. The molecule has 0 radical (unpaired) electrons. The Kier molecular flexibility index (Phi) is 6.05. The van der Waals surface area contributed by atoms with E-state index in [-0.39, 0.29) is 12.3 Å². The zero-order chi connectivity index (χ0) is 17.5. The number of aromatic nitrogens is 2. The fraction of sp³-hybridized carbons (Fsp3) is 0.400. The van der Waals surface area contributed by atoms with Gasteiger partial charge >= 0.3 is 6.61 Å². The summed E-state index contributed by atoms with van der Waals surface area (Å²) in [6.45, 7) is 1.30. The van der Waals surface area contributed by atoms with Crippen LogP contribution in [-0.2, 0) is 13.1 Å². The van der Waals surface area contributed by atoms with Crippen LogP contribution >= 0.6 is 0 Å². The lowest BCUT2D eigenvalue weighted by molar-refractivity contribution is -0.0504. The van der Waals surface area contributed by atoms with Crippen LogP contribution in [0.2, 0.25) is 0 Å². The maximum absolute atomic E-state index is 12.5. The topological polar surface area (TPSA) is 84.6 Å². The second kappa shape index (κ2) is 8.23. The molecule has 9 heteroatoms. The van der Waals surface area contributed by atoms with Crippen LogP contribution in [0.5, 0.6) is 5.75 Å². The third-order valence-corrected chi connectivity index (χ3v) is 3.09. The lowest BCUT2D eigenvalue weighted by atomic mass is 10.1. The molecule has 0 aliphatic heterocycles. The molecule has 1 heterocycles. The molecule has 0 amide bonds. The summed E-state index contributed by atoms with van der Waals surface area (Å²) in [7, 11) is 1.60. The Morgan fingerprint density at radius 2 is 2.04 bits per heavy atom. The summed E-state index contributed by atoms with van der Waals surface area (Å²) < 4.78 is 34.4. The third-order valence-electron chi connectivity index (χ3n) is 3.09. The Hall–Kier alpha value is -2.71. The predicted molar refractivity (Wildman–Crippen MR) is 83.9 cm³/mol. The zero-order valence-electron chi connectivity index (χ0n) is 13.6. The molecule has 0 saturated heterocycles. The second-order valence-corrected chi connectivity index (χ2v) is 5.00. The number of nitrogens with zero attached hydrogens (tertiary/aromatic N) is 3. The van der Waals surface area contributed by atoms with Crippen molar-refractivity contribution in [1.82, 2.24) is 20.8 Å². The molecule has 0 atom stereocenters. The Morgan fingerprint density at radius 1 is 1.29 bits per heavy atom. The van der Waals surface area contributed by atoms with Crippen LogP contribution in [0.3, 0.4) is 0 Å². The molecule has 1 aromatic heterocycles. The maximum atomic E-state index is 12.5. The SMILES string of the molecule is CN=C(NCc1noc(C)n1)NCc1cc(C)ccc1OC(F)F. The van der Waals surface area contributed by atoms with Gasteiger partial charge in [0.15, 0.2) is 11.8 Å². The quantitative estimate of drug-likeness (QED) is 0.620. The molecule has 0 aliphatic rings. The molecule has 0 saturated carbocycles. The van der Waals surface area contributed by atoms with Crippen molar-refractivity contribution in [3.63, 3.8) is 0 Å². The van der Waals surface area contributed by atoms with Gasteiger partial charge in [0.1, 0.15) is 5.75 Å². The highest BCUT2D eigenvalue weighted by atomic mass is 19.3. The van der Waals surface area contributed by atoms with Crippen LogP contribution in [0, 0.1) is 13.8 Å². The number of alkyl halides is 2. The van der Waals surface area contributed by atoms with Crippen LogP contribution in [0.25, 0.3) is 0 Å². The van der Waals surface area contributed by atoms with Crippen molar-refractivity contribution in [2.45, 2.75) is 33.5 Å². The largest absolute Gasteiger partial charge is 0.434 e. The van der Waals surface area contributed by atoms with E-state index in [1.54, 1.807) is 26.1 Å². The molecule has 24 heavy (non-hydrogen) atoms. The van der Waals surface area contributed by atoms with Crippen molar-refractivity contribution in [2.75, 3.05) is 7.05 Å². The van der Waals surface area contributed by atoms with Crippen LogP contribution in [0.4, 0.5) is 8.78 Å². The van der Waals surface area contributed by atoms with E-state index in [0.717, 1.165) is 5.56 Å². The zero-order valence-corrected chi connectivity index (χ0v) is 13.6. The molecule has 0 bridgehead atoms. The molecule has 2 aromatic rings. The first kappa shape index (κ1) is 17.6. The Balaban J connectivity index is 1.96. The van der Waals surface area contributed by atoms with Gasteiger partial charge in [-0.05, 0) is 13.0 Å². The van der Waals surface area contributed by atoms with Gasteiger partial charge in [-0.3, -0.25) is 4.99 Å². The minimum atomic E-state index is -2.87. The molecule has 0 fully saturated rings. The summed E-state index contributed by atoms with van der Waals surface area (Å²) in [5, 5.41) is 9.80. The summed E-state index contributed by atoms with van der Waals surface area (Å²) in [6, 6.07) is 5.02. The van der Waals surface area contributed by atoms with Gasteiger partial charge in [0.2, 0.25) is 5.89 Å². The summed E-state index contributed by atoms with van der Waals surface area (Å²) in [4.78, 5) is 8.12. The van der Waals surface area contributed by atoms with Crippen molar-refractivity contribution >= 4 is 5.96 Å². The van der Waals surface area contributed by atoms with Gasteiger partial charge in [0.05, 0.1) is 6.54 Å². The number of aryl methyl sites for hydroxylation is 2. The lowest BCUT2D eigenvalue weighted by Crippen LogP contribution is -2.36. The number of nitrogens with one attached hydrogen (secondary N) is 2. The summed E-state index contributed by atoms with van der Waals surface area (Å²) in [5.74, 6) is 1.57. The molecule has 1 aromatic carbocycles. The van der Waals surface area contributed by atoms with E-state index in [2.05, 4.69) is 30.5 Å².